The van der Waals surface area contributed by atoms with Crippen LogP contribution in [0.3, 0.4) is 0 Å². The number of benzene rings is 1. The number of aromatic amines is 1. The second-order valence-corrected chi connectivity index (χ2v) is 6.69. The first kappa shape index (κ1) is 15.9. The van der Waals surface area contributed by atoms with Crippen molar-refractivity contribution in [3.63, 3.8) is 0 Å². The predicted octanol–water partition coefficient (Wildman–Crippen LogP) is 1.47. The van der Waals surface area contributed by atoms with Crippen LogP contribution in [-0.2, 0) is 9.59 Å². The molecule has 2 heterocycles. The maximum absolute atomic E-state index is 11.8. The van der Waals surface area contributed by atoms with Crippen molar-refractivity contribution in [2.24, 2.45) is 0 Å². The zero-order chi connectivity index (χ0) is 16.2. The number of fused-ring (bicyclic) bond motifs is 1. The summed E-state index contributed by atoms with van der Waals surface area (Å²) >= 11 is 2.30. The normalized spacial score (nSPS) is 14.7. The van der Waals surface area contributed by atoms with Gasteiger partial charge in [-0.15, -0.1) is 0 Å². The molecule has 0 atom stereocenters. The first-order chi connectivity index (χ1) is 11.1. The second-order valence-electron chi connectivity index (χ2n) is 4.80. The Morgan fingerprint density at radius 1 is 1.39 bits per heavy atom. The van der Waals surface area contributed by atoms with Gasteiger partial charge >= 0.3 is 0 Å². The van der Waals surface area contributed by atoms with Crippen molar-refractivity contribution < 1.29 is 14.4 Å². The molecule has 1 aliphatic rings. The number of nitrogens with zero attached hydrogens (tertiary/aromatic N) is 2. The Morgan fingerprint density at radius 3 is 2.96 bits per heavy atom. The van der Waals surface area contributed by atoms with Crippen molar-refractivity contribution in [2.45, 2.75) is 5.16 Å². The molecule has 2 N–H and O–H groups in total. The first-order valence-electron chi connectivity index (χ1n) is 6.95. The molecule has 0 spiro atoms. The lowest BCUT2D eigenvalue weighted by atomic mass is 10.3. The van der Waals surface area contributed by atoms with E-state index >= 15 is 0 Å². The third kappa shape index (κ3) is 3.85. The molecule has 1 aliphatic heterocycles. The Labute approximate surface area is 140 Å². The molecule has 1 aromatic heterocycles. The van der Waals surface area contributed by atoms with Gasteiger partial charge in [0.2, 0.25) is 11.8 Å². The van der Waals surface area contributed by atoms with Crippen molar-refractivity contribution >= 4 is 51.6 Å². The number of rotatable bonds is 6. The van der Waals surface area contributed by atoms with Crippen molar-refractivity contribution in [2.75, 3.05) is 24.6 Å². The fraction of sp³-hybridized carbons (Fsp3) is 0.286. The van der Waals surface area contributed by atoms with E-state index in [1.54, 1.807) is 0 Å². The number of nitrogens with one attached hydrogen (secondary N) is 2. The summed E-state index contributed by atoms with van der Waals surface area (Å²) in [6.45, 7) is 0.475. The standard InChI is InChI=1S/C14H14N4O3S2/c19-11(15-5-6-18-12(20)8-23-14(18)21)7-22-13-16-9-3-1-2-4-10(9)17-13/h1-4H,5-8H2,(H,15,19)(H,16,17). The number of para-hydroxylation sites is 2. The Kier molecular flexibility index (Phi) is 4.87. The van der Waals surface area contributed by atoms with Crippen molar-refractivity contribution in [3.05, 3.63) is 24.3 Å². The molecule has 9 heteroatoms. The van der Waals surface area contributed by atoms with Gasteiger partial charge in [0.25, 0.3) is 5.24 Å². The summed E-state index contributed by atoms with van der Waals surface area (Å²) in [6.07, 6.45) is 0. The molecule has 3 rings (SSSR count). The number of hydrogen-bond acceptors (Lipinski definition) is 6. The third-order valence-corrected chi connectivity index (χ3v) is 4.94. The monoisotopic (exact) mass is 350 g/mol. The molecule has 0 radical (unpaired) electrons. The zero-order valence-electron chi connectivity index (χ0n) is 12.1. The topological polar surface area (TPSA) is 95.2 Å². The fourth-order valence-corrected chi connectivity index (χ4v) is 3.55. The number of carbonyl (C=O) groups is 3. The minimum atomic E-state index is -0.249. The van der Waals surface area contributed by atoms with Crippen LogP contribution in [0.1, 0.15) is 0 Å². The number of carbonyl (C=O) groups excluding carboxylic acids is 3. The van der Waals surface area contributed by atoms with E-state index in [-0.39, 0.29) is 41.6 Å². The summed E-state index contributed by atoms with van der Waals surface area (Å²) in [4.78, 5) is 43.3. The molecular weight excluding hydrogens is 336 g/mol. The van der Waals surface area contributed by atoms with Crippen LogP contribution in [-0.4, -0.2) is 56.5 Å². The fourth-order valence-electron chi connectivity index (χ4n) is 2.09. The maximum atomic E-state index is 11.8. The molecule has 0 aliphatic carbocycles. The molecule has 3 amide bonds. The van der Waals surface area contributed by atoms with E-state index in [1.807, 2.05) is 24.3 Å². The van der Waals surface area contributed by atoms with Crippen molar-refractivity contribution in [1.29, 1.82) is 0 Å². The van der Waals surface area contributed by atoms with Crippen LogP contribution in [0.2, 0.25) is 0 Å². The number of H-pyrrole nitrogens is 1. The first-order valence-corrected chi connectivity index (χ1v) is 8.92. The van der Waals surface area contributed by atoms with E-state index in [1.165, 1.54) is 11.8 Å². The van der Waals surface area contributed by atoms with Gasteiger partial charge in [-0.1, -0.05) is 35.7 Å². The van der Waals surface area contributed by atoms with E-state index in [9.17, 15) is 14.4 Å². The van der Waals surface area contributed by atoms with Crippen LogP contribution in [0.25, 0.3) is 11.0 Å². The van der Waals surface area contributed by atoms with Crippen molar-refractivity contribution in [1.82, 2.24) is 20.2 Å². The van der Waals surface area contributed by atoms with E-state index in [2.05, 4.69) is 15.3 Å². The maximum Gasteiger partial charge on any atom is 0.288 e. The van der Waals surface area contributed by atoms with Crippen LogP contribution in [0.5, 0.6) is 0 Å². The Balaban J connectivity index is 1.42. The van der Waals surface area contributed by atoms with Crippen molar-refractivity contribution in [3.8, 4) is 0 Å². The zero-order valence-corrected chi connectivity index (χ0v) is 13.7. The lowest BCUT2D eigenvalue weighted by Gasteiger charge is -2.12. The van der Waals surface area contributed by atoms with Gasteiger partial charge in [0.05, 0.1) is 22.5 Å². The molecule has 2 aromatic rings. The molecule has 1 saturated heterocycles. The molecular formula is C14H14N4O3S2. The van der Waals surface area contributed by atoms with Gasteiger partial charge in [-0.3, -0.25) is 19.3 Å². The van der Waals surface area contributed by atoms with Crippen LogP contribution in [0, 0.1) is 0 Å². The van der Waals surface area contributed by atoms with Gasteiger partial charge in [0.15, 0.2) is 5.16 Å². The van der Waals surface area contributed by atoms with Gasteiger partial charge in [-0.05, 0) is 12.1 Å². The molecule has 0 saturated carbocycles. The van der Waals surface area contributed by atoms with E-state index in [4.69, 9.17) is 0 Å². The van der Waals surface area contributed by atoms with Crippen LogP contribution >= 0.6 is 23.5 Å². The molecule has 23 heavy (non-hydrogen) atoms. The van der Waals surface area contributed by atoms with Crippen LogP contribution in [0.15, 0.2) is 29.4 Å². The quantitative estimate of drug-likeness (QED) is 0.766. The highest BCUT2D eigenvalue weighted by molar-refractivity contribution is 8.14. The molecule has 0 unspecified atom stereocenters. The summed E-state index contributed by atoms with van der Waals surface area (Å²) in [5.41, 5.74) is 1.79. The Morgan fingerprint density at radius 2 is 2.22 bits per heavy atom. The highest BCUT2D eigenvalue weighted by atomic mass is 32.2. The van der Waals surface area contributed by atoms with E-state index in [0.29, 0.717) is 5.16 Å². The molecule has 1 aromatic carbocycles. The average molecular weight is 350 g/mol. The summed E-state index contributed by atoms with van der Waals surface area (Å²) < 4.78 is 0. The lowest BCUT2D eigenvalue weighted by molar-refractivity contribution is -0.125. The molecule has 7 nitrogen and oxygen atoms in total. The number of imide groups is 1. The Bertz CT molecular complexity index is 712. The lowest BCUT2D eigenvalue weighted by Crippen LogP contribution is -2.38. The number of aromatic nitrogens is 2. The molecule has 1 fully saturated rings. The van der Waals surface area contributed by atoms with Gasteiger partial charge in [-0.25, -0.2) is 4.98 Å². The minimum absolute atomic E-state index is 0.165. The third-order valence-electron chi connectivity index (χ3n) is 3.21. The largest absolute Gasteiger partial charge is 0.354 e. The summed E-state index contributed by atoms with van der Waals surface area (Å²) in [7, 11) is 0. The molecule has 120 valence electrons. The highest BCUT2D eigenvalue weighted by Crippen LogP contribution is 2.19. The average Bonchev–Trinajstić information content (AvgIpc) is 3.10. The summed E-state index contributed by atoms with van der Waals surface area (Å²) in [5, 5.41) is 3.13. The van der Waals surface area contributed by atoms with E-state index < -0.39 is 0 Å². The van der Waals surface area contributed by atoms with Crippen LogP contribution < -0.4 is 5.32 Å². The number of thioether (sulfide) groups is 2. The van der Waals surface area contributed by atoms with E-state index in [0.717, 1.165) is 27.7 Å². The Hall–Kier alpha value is -2.00. The number of hydrogen-bond donors (Lipinski definition) is 2. The SMILES string of the molecule is O=C(CSc1nc2ccccc2[nH]1)NCCN1C(=O)CSC1=O. The van der Waals surface area contributed by atoms with Gasteiger partial charge in [0, 0.05) is 13.1 Å². The second kappa shape index (κ2) is 7.05. The summed E-state index contributed by atoms with van der Waals surface area (Å²) in [6, 6.07) is 7.65. The van der Waals surface area contributed by atoms with Crippen LogP contribution in [0.4, 0.5) is 4.79 Å². The van der Waals surface area contributed by atoms with Gasteiger partial charge in [-0.2, -0.15) is 0 Å². The van der Waals surface area contributed by atoms with Gasteiger partial charge in [0.1, 0.15) is 0 Å². The molecule has 0 bridgehead atoms. The highest BCUT2D eigenvalue weighted by Gasteiger charge is 2.29. The summed E-state index contributed by atoms with van der Waals surface area (Å²) in [5.74, 6) is 0.0404. The minimum Gasteiger partial charge on any atom is -0.354 e. The predicted molar refractivity (Wildman–Crippen MR) is 89.4 cm³/mol. The number of imidazole rings is 1. The smallest absolute Gasteiger partial charge is 0.288 e. The number of amides is 3. The van der Waals surface area contributed by atoms with Gasteiger partial charge < -0.3 is 10.3 Å².